The van der Waals surface area contributed by atoms with Crippen LogP contribution in [0.5, 0.6) is 0 Å². The number of carbonyl (C=O) groups excluding carboxylic acids is 2. The van der Waals surface area contributed by atoms with Crippen molar-refractivity contribution >= 4 is 34.3 Å². The van der Waals surface area contributed by atoms with E-state index >= 15 is 0 Å². The molecule has 1 aromatic heterocycles. The van der Waals surface area contributed by atoms with E-state index in [2.05, 4.69) is 20.6 Å². The molecular weight excluding hydrogens is 358 g/mol. The summed E-state index contributed by atoms with van der Waals surface area (Å²) in [5, 5.41) is 14.8. The first-order valence-corrected chi connectivity index (χ1v) is 8.49. The molecule has 0 atom stereocenters. The zero-order valence-electron chi connectivity index (χ0n) is 15.0. The lowest BCUT2D eigenvalue weighted by Crippen LogP contribution is -2.17. The summed E-state index contributed by atoms with van der Waals surface area (Å²) in [6, 6.07) is 13.7. The highest BCUT2D eigenvalue weighted by atomic mass is 16.5. The zero-order valence-corrected chi connectivity index (χ0v) is 15.0. The van der Waals surface area contributed by atoms with Gasteiger partial charge in [-0.3, -0.25) is 4.79 Å². The van der Waals surface area contributed by atoms with Crippen molar-refractivity contribution < 1.29 is 14.3 Å². The van der Waals surface area contributed by atoms with Gasteiger partial charge in [-0.15, -0.1) is 0 Å². The highest BCUT2D eigenvalue weighted by Crippen LogP contribution is 2.18. The second-order valence-electron chi connectivity index (χ2n) is 5.67. The lowest BCUT2D eigenvalue weighted by molar-refractivity contribution is -0.112. The van der Waals surface area contributed by atoms with E-state index in [-0.39, 0.29) is 23.4 Å². The van der Waals surface area contributed by atoms with Crippen LogP contribution in [0.1, 0.15) is 17.3 Å². The van der Waals surface area contributed by atoms with Crippen LogP contribution < -0.4 is 10.6 Å². The Morgan fingerprint density at radius 1 is 1.29 bits per heavy atom. The molecule has 3 rings (SSSR count). The van der Waals surface area contributed by atoms with Crippen LogP contribution >= 0.6 is 0 Å². The fourth-order valence-corrected chi connectivity index (χ4v) is 2.50. The molecule has 0 aliphatic heterocycles. The SMILES string of the molecule is CCOC(=O)c1ccccc1NC(=O)/C(C#N)=C\Nc1ccc2nc[nH]c2c1. The van der Waals surface area contributed by atoms with Gasteiger partial charge >= 0.3 is 5.97 Å². The number of imidazole rings is 1. The molecule has 0 aliphatic rings. The number of hydrogen-bond donors (Lipinski definition) is 3. The molecule has 0 bridgehead atoms. The molecule has 0 radical (unpaired) electrons. The van der Waals surface area contributed by atoms with E-state index in [1.54, 1.807) is 43.6 Å². The monoisotopic (exact) mass is 375 g/mol. The Labute approximate surface area is 160 Å². The minimum atomic E-state index is -0.644. The van der Waals surface area contributed by atoms with E-state index in [0.29, 0.717) is 5.69 Å². The van der Waals surface area contributed by atoms with E-state index in [1.807, 2.05) is 18.2 Å². The normalized spacial score (nSPS) is 10.9. The second kappa shape index (κ2) is 8.51. The molecule has 0 saturated heterocycles. The average molecular weight is 375 g/mol. The maximum absolute atomic E-state index is 12.5. The molecule has 0 aliphatic carbocycles. The summed E-state index contributed by atoms with van der Waals surface area (Å²) in [6.45, 7) is 1.91. The molecule has 28 heavy (non-hydrogen) atoms. The first kappa shape index (κ1) is 18.7. The third kappa shape index (κ3) is 4.16. The number of amides is 1. The van der Waals surface area contributed by atoms with Crippen molar-refractivity contribution in [1.82, 2.24) is 9.97 Å². The quantitative estimate of drug-likeness (QED) is 0.346. The molecule has 1 heterocycles. The van der Waals surface area contributed by atoms with Crippen LogP contribution in [0.15, 0.2) is 60.6 Å². The smallest absolute Gasteiger partial charge is 0.340 e. The summed E-state index contributed by atoms with van der Waals surface area (Å²) in [6.07, 6.45) is 2.89. The predicted molar refractivity (Wildman–Crippen MR) is 104 cm³/mol. The fourth-order valence-electron chi connectivity index (χ4n) is 2.50. The minimum absolute atomic E-state index is 0.150. The number of anilines is 2. The van der Waals surface area contributed by atoms with Crippen LogP contribution in [0.2, 0.25) is 0 Å². The van der Waals surface area contributed by atoms with E-state index in [9.17, 15) is 14.9 Å². The number of carbonyl (C=O) groups is 2. The number of H-pyrrole nitrogens is 1. The molecule has 0 unspecified atom stereocenters. The Kier molecular flexibility index (Phi) is 5.67. The number of aromatic nitrogens is 2. The van der Waals surface area contributed by atoms with Gasteiger partial charge in [-0.1, -0.05) is 12.1 Å². The van der Waals surface area contributed by atoms with Crippen LogP contribution in [0.4, 0.5) is 11.4 Å². The Balaban J connectivity index is 1.76. The molecule has 8 nitrogen and oxygen atoms in total. The molecule has 140 valence electrons. The van der Waals surface area contributed by atoms with Crippen molar-refractivity contribution in [3.63, 3.8) is 0 Å². The van der Waals surface area contributed by atoms with E-state index < -0.39 is 11.9 Å². The van der Waals surface area contributed by atoms with Crippen LogP contribution in [-0.2, 0) is 9.53 Å². The van der Waals surface area contributed by atoms with Gasteiger partial charge in [0.2, 0.25) is 0 Å². The van der Waals surface area contributed by atoms with Crippen molar-refractivity contribution in [3.8, 4) is 6.07 Å². The van der Waals surface area contributed by atoms with Crippen LogP contribution in [0.3, 0.4) is 0 Å². The van der Waals surface area contributed by atoms with Crippen molar-refractivity contribution in [2.75, 3.05) is 17.2 Å². The van der Waals surface area contributed by atoms with Gasteiger partial charge < -0.3 is 20.4 Å². The molecule has 0 fully saturated rings. The summed E-state index contributed by atoms with van der Waals surface area (Å²) in [5.41, 5.74) is 2.65. The van der Waals surface area contributed by atoms with E-state index in [4.69, 9.17) is 4.74 Å². The van der Waals surface area contributed by atoms with Crippen molar-refractivity contribution in [2.45, 2.75) is 6.92 Å². The molecule has 1 amide bonds. The summed E-state index contributed by atoms with van der Waals surface area (Å²) >= 11 is 0. The third-order valence-electron chi connectivity index (χ3n) is 3.84. The number of esters is 1. The van der Waals surface area contributed by atoms with E-state index in [1.165, 1.54) is 6.20 Å². The van der Waals surface area contributed by atoms with Crippen molar-refractivity contribution in [2.24, 2.45) is 0 Å². The van der Waals surface area contributed by atoms with Gasteiger partial charge in [0.05, 0.1) is 35.2 Å². The minimum Gasteiger partial charge on any atom is -0.462 e. The fraction of sp³-hybridized carbons (Fsp3) is 0.100. The standard InChI is InChI=1S/C20H17N5O3/c1-2-28-20(27)15-5-3-4-6-16(15)25-19(26)13(10-21)11-22-14-7-8-17-18(9-14)24-12-23-17/h3-9,11-12,22H,2H2,1H3,(H,23,24)(H,25,26)/b13-11-. The maximum atomic E-state index is 12.5. The summed E-state index contributed by atoms with van der Waals surface area (Å²) in [5.74, 6) is -1.19. The van der Waals surface area contributed by atoms with Gasteiger partial charge in [-0.25, -0.2) is 9.78 Å². The first-order valence-electron chi connectivity index (χ1n) is 8.49. The molecular formula is C20H17N5O3. The summed E-state index contributed by atoms with van der Waals surface area (Å²) in [4.78, 5) is 31.6. The Morgan fingerprint density at radius 3 is 2.89 bits per heavy atom. The lowest BCUT2D eigenvalue weighted by Gasteiger charge is -2.10. The highest BCUT2D eigenvalue weighted by Gasteiger charge is 2.16. The number of benzene rings is 2. The van der Waals surface area contributed by atoms with Gasteiger partial charge in [0.1, 0.15) is 11.6 Å². The van der Waals surface area contributed by atoms with Crippen LogP contribution in [0, 0.1) is 11.3 Å². The molecule has 2 aromatic carbocycles. The number of para-hydroxylation sites is 1. The van der Waals surface area contributed by atoms with Crippen molar-refractivity contribution in [1.29, 1.82) is 5.26 Å². The van der Waals surface area contributed by atoms with Gasteiger partial charge in [0.15, 0.2) is 0 Å². The van der Waals surface area contributed by atoms with Crippen molar-refractivity contribution in [3.05, 3.63) is 66.1 Å². The number of nitriles is 1. The van der Waals surface area contributed by atoms with Gasteiger partial charge in [-0.2, -0.15) is 5.26 Å². The zero-order chi connectivity index (χ0) is 19.9. The van der Waals surface area contributed by atoms with Gasteiger partial charge in [0, 0.05) is 11.9 Å². The maximum Gasteiger partial charge on any atom is 0.340 e. The predicted octanol–water partition coefficient (Wildman–Crippen LogP) is 3.20. The molecule has 8 heteroatoms. The van der Waals surface area contributed by atoms with Crippen LogP contribution in [-0.4, -0.2) is 28.5 Å². The van der Waals surface area contributed by atoms with E-state index in [0.717, 1.165) is 11.0 Å². The number of rotatable bonds is 6. The largest absolute Gasteiger partial charge is 0.462 e. The number of aromatic amines is 1. The third-order valence-corrected chi connectivity index (χ3v) is 3.84. The number of hydrogen-bond acceptors (Lipinski definition) is 6. The Morgan fingerprint density at radius 2 is 2.11 bits per heavy atom. The second-order valence-corrected chi connectivity index (χ2v) is 5.67. The molecule has 0 saturated carbocycles. The summed E-state index contributed by atoms with van der Waals surface area (Å²) < 4.78 is 4.98. The Bertz CT molecular complexity index is 1090. The Hall–Kier alpha value is -4.12. The van der Waals surface area contributed by atoms with Gasteiger partial charge in [0.25, 0.3) is 5.91 Å². The topological polar surface area (TPSA) is 120 Å². The average Bonchev–Trinajstić information content (AvgIpc) is 3.17. The van der Waals surface area contributed by atoms with Crippen LogP contribution in [0.25, 0.3) is 11.0 Å². The molecule has 3 aromatic rings. The molecule has 0 spiro atoms. The summed E-state index contributed by atoms with van der Waals surface area (Å²) in [7, 11) is 0. The first-order chi connectivity index (χ1) is 13.6. The number of fused-ring (bicyclic) bond motifs is 1. The number of nitrogens with zero attached hydrogens (tertiary/aromatic N) is 2. The van der Waals surface area contributed by atoms with Gasteiger partial charge in [-0.05, 0) is 37.3 Å². The molecule has 3 N–H and O–H groups in total. The number of nitrogens with one attached hydrogen (secondary N) is 3. The lowest BCUT2D eigenvalue weighted by atomic mass is 10.1. The number of ether oxygens (including phenoxy) is 1. The highest BCUT2D eigenvalue weighted by molar-refractivity contribution is 6.09.